The molecule has 0 fully saturated rings. The maximum absolute atomic E-state index is 12.4. The minimum absolute atomic E-state index is 0.203. The Morgan fingerprint density at radius 1 is 1.15 bits per heavy atom. The second-order valence-electron chi connectivity index (χ2n) is 6.65. The van der Waals surface area contributed by atoms with Gasteiger partial charge in [0.2, 0.25) is 0 Å². The lowest BCUT2D eigenvalue weighted by atomic mass is 9.99. The summed E-state index contributed by atoms with van der Waals surface area (Å²) in [4.78, 5) is 12.4. The van der Waals surface area contributed by atoms with Gasteiger partial charge in [-0.05, 0) is 42.7 Å². The number of benzene rings is 2. The third kappa shape index (κ3) is 3.92. The van der Waals surface area contributed by atoms with E-state index in [1.54, 1.807) is 30.3 Å². The van der Waals surface area contributed by atoms with Gasteiger partial charge in [-0.2, -0.15) is 10.5 Å². The van der Waals surface area contributed by atoms with E-state index in [4.69, 9.17) is 10.00 Å². The van der Waals surface area contributed by atoms with Gasteiger partial charge in [0.15, 0.2) is 11.9 Å². The van der Waals surface area contributed by atoms with Crippen LogP contribution in [0.4, 0.5) is 5.69 Å². The Morgan fingerprint density at radius 3 is 2.56 bits per heavy atom. The molecule has 2 N–H and O–H groups in total. The van der Waals surface area contributed by atoms with Crippen molar-refractivity contribution in [2.75, 3.05) is 11.9 Å². The molecule has 1 aliphatic rings. The standard InChI is InChI=1S/C21H20N4O2/c1-13(16-8-6-15(10-22)7-9-16)12-24-14(2)19-21(26)25-18-5-3-4-17(11-23)20(18)27-19/h3-9,13-14,19,24H,12H2,1-2H3,(H,25,26)/t13-,14-,19+/m1/s1. The molecule has 6 heteroatoms. The van der Waals surface area contributed by atoms with Crippen molar-refractivity contribution in [2.45, 2.75) is 31.9 Å². The summed E-state index contributed by atoms with van der Waals surface area (Å²) in [5, 5.41) is 24.3. The van der Waals surface area contributed by atoms with Gasteiger partial charge in [0, 0.05) is 6.54 Å². The maximum Gasteiger partial charge on any atom is 0.267 e. The second-order valence-corrected chi connectivity index (χ2v) is 6.65. The number of carbonyl (C=O) groups excluding carboxylic acids is 1. The summed E-state index contributed by atoms with van der Waals surface area (Å²) >= 11 is 0. The number of anilines is 1. The molecule has 1 amide bonds. The first kappa shape index (κ1) is 18.4. The van der Waals surface area contributed by atoms with E-state index < -0.39 is 6.10 Å². The van der Waals surface area contributed by atoms with Crippen molar-refractivity contribution in [2.24, 2.45) is 0 Å². The fourth-order valence-electron chi connectivity index (χ4n) is 3.04. The number of carbonyl (C=O) groups is 1. The van der Waals surface area contributed by atoms with Crippen LogP contribution in [0.1, 0.15) is 36.5 Å². The Balaban J connectivity index is 1.65. The van der Waals surface area contributed by atoms with Crippen molar-refractivity contribution < 1.29 is 9.53 Å². The Labute approximate surface area is 158 Å². The number of ether oxygens (including phenoxy) is 1. The van der Waals surface area contributed by atoms with E-state index in [0.717, 1.165) is 5.56 Å². The molecule has 0 saturated carbocycles. The van der Waals surface area contributed by atoms with Gasteiger partial charge in [-0.15, -0.1) is 0 Å². The number of nitrogens with one attached hydrogen (secondary N) is 2. The van der Waals surface area contributed by atoms with Crippen LogP contribution >= 0.6 is 0 Å². The fourth-order valence-corrected chi connectivity index (χ4v) is 3.04. The molecule has 2 aromatic carbocycles. The maximum atomic E-state index is 12.4. The van der Waals surface area contributed by atoms with E-state index >= 15 is 0 Å². The summed E-state index contributed by atoms with van der Waals surface area (Å²) in [5.41, 5.74) is 2.66. The van der Waals surface area contributed by atoms with E-state index in [1.807, 2.05) is 19.1 Å². The predicted octanol–water partition coefficient (Wildman–Crippen LogP) is 2.91. The Kier molecular flexibility index (Phi) is 5.40. The van der Waals surface area contributed by atoms with E-state index in [-0.39, 0.29) is 17.9 Å². The third-order valence-electron chi connectivity index (χ3n) is 4.71. The normalized spacial score (nSPS) is 17.5. The van der Waals surface area contributed by atoms with Crippen molar-refractivity contribution in [3.05, 3.63) is 59.2 Å². The molecule has 0 aromatic heterocycles. The number of hydrogen-bond donors (Lipinski definition) is 2. The highest BCUT2D eigenvalue weighted by molar-refractivity contribution is 5.98. The van der Waals surface area contributed by atoms with Gasteiger partial charge in [0.25, 0.3) is 5.91 Å². The van der Waals surface area contributed by atoms with Gasteiger partial charge in [-0.25, -0.2) is 0 Å². The number of rotatable bonds is 5. The summed E-state index contributed by atoms with van der Waals surface area (Å²) in [6, 6.07) is 16.5. The van der Waals surface area contributed by atoms with Gasteiger partial charge in [0.05, 0.1) is 28.9 Å². The number of nitrogens with zero attached hydrogens (tertiary/aromatic N) is 2. The lowest BCUT2D eigenvalue weighted by Gasteiger charge is -2.31. The average molecular weight is 360 g/mol. The molecule has 3 atom stereocenters. The van der Waals surface area contributed by atoms with Crippen LogP contribution in [0, 0.1) is 22.7 Å². The molecule has 1 aliphatic heterocycles. The molecule has 0 unspecified atom stereocenters. The van der Waals surface area contributed by atoms with E-state index in [9.17, 15) is 10.1 Å². The van der Waals surface area contributed by atoms with Crippen LogP contribution in [-0.2, 0) is 4.79 Å². The molecular formula is C21H20N4O2. The zero-order chi connectivity index (χ0) is 19.4. The quantitative estimate of drug-likeness (QED) is 0.854. The zero-order valence-electron chi connectivity index (χ0n) is 15.2. The summed E-state index contributed by atoms with van der Waals surface area (Å²) < 4.78 is 5.86. The Morgan fingerprint density at radius 2 is 1.89 bits per heavy atom. The van der Waals surface area contributed by atoms with Crippen LogP contribution in [0.25, 0.3) is 0 Å². The van der Waals surface area contributed by atoms with Gasteiger partial charge >= 0.3 is 0 Å². The van der Waals surface area contributed by atoms with Crippen LogP contribution in [0.2, 0.25) is 0 Å². The van der Waals surface area contributed by atoms with Gasteiger partial charge in [-0.3, -0.25) is 4.79 Å². The van der Waals surface area contributed by atoms with Crippen molar-refractivity contribution in [1.82, 2.24) is 5.32 Å². The molecule has 0 aliphatic carbocycles. The highest BCUT2D eigenvalue weighted by Crippen LogP contribution is 2.33. The average Bonchev–Trinajstić information content (AvgIpc) is 2.70. The van der Waals surface area contributed by atoms with Crippen LogP contribution in [0.5, 0.6) is 5.75 Å². The topological polar surface area (TPSA) is 97.9 Å². The van der Waals surface area contributed by atoms with E-state index in [2.05, 4.69) is 29.7 Å². The molecule has 2 aromatic rings. The van der Waals surface area contributed by atoms with Crippen LogP contribution in [-0.4, -0.2) is 24.6 Å². The first-order valence-electron chi connectivity index (χ1n) is 8.77. The summed E-state index contributed by atoms with van der Waals surface area (Å²) in [6.07, 6.45) is -0.722. The minimum atomic E-state index is -0.722. The fraction of sp³-hybridized carbons (Fsp3) is 0.286. The Hall–Kier alpha value is -3.35. The molecule has 0 bridgehead atoms. The van der Waals surface area contributed by atoms with Crippen molar-refractivity contribution >= 4 is 11.6 Å². The predicted molar refractivity (Wildman–Crippen MR) is 101 cm³/mol. The highest BCUT2D eigenvalue weighted by Gasteiger charge is 2.33. The van der Waals surface area contributed by atoms with Crippen LogP contribution in [0.15, 0.2) is 42.5 Å². The molecular weight excluding hydrogens is 340 g/mol. The van der Waals surface area contributed by atoms with E-state index in [1.165, 1.54) is 0 Å². The molecule has 0 spiro atoms. The van der Waals surface area contributed by atoms with Crippen LogP contribution < -0.4 is 15.4 Å². The molecule has 3 rings (SSSR count). The molecule has 0 saturated heterocycles. The van der Waals surface area contributed by atoms with Gasteiger partial charge in [0.1, 0.15) is 6.07 Å². The number of fused-ring (bicyclic) bond motifs is 1. The number of hydrogen-bond acceptors (Lipinski definition) is 5. The molecule has 27 heavy (non-hydrogen) atoms. The number of nitriles is 2. The highest BCUT2D eigenvalue weighted by atomic mass is 16.5. The molecule has 0 radical (unpaired) electrons. The second kappa shape index (κ2) is 7.90. The first-order chi connectivity index (χ1) is 13.0. The lowest BCUT2D eigenvalue weighted by Crippen LogP contribution is -2.51. The third-order valence-corrected chi connectivity index (χ3v) is 4.71. The molecule has 1 heterocycles. The smallest absolute Gasteiger partial charge is 0.267 e. The van der Waals surface area contributed by atoms with Gasteiger partial charge < -0.3 is 15.4 Å². The SMILES string of the molecule is C[C@H](CN[C@H](C)[C@@H]1Oc2c(C#N)cccc2NC1=O)c1ccc(C#N)cc1. The molecule has 136 valence electrons. The summed E-state index contributed by atoms with van der Waals surface area (Å²) in [5.74, 6) is 0.385. The number of amides is 1. The van der Waals surface area contributed by atoms with Crippen molar-refractivity contribution in [3.8, 4) is 17.9 Å². The number of para-hydroxylation sites is 1. The van der Waals surface area contributed by atoms with Crippen LogP contribution in [0.3, 0.4) is 0 Å². The monoisotopic (exact) mass is 360 g/mol. The Bertz CT molecular complexity index is 925. The zero-order valence-corrected chi connectivity index (χ0v) is 15.2. The minimum Gasteiger partial charge on any atom is -0.475 e. The van der Waals surface area contributed by atoms with E-state index in [0.29, 0.717) is 29.1 Å². The van der Waals surface area contributed by atoms with Crippen molar-refractivity contribution in [3.63, 3.8) is 0 Å². The largest absolute Gasteiger partial charge is 0.475 e. The van der Waals surface area contributed by atoms with Crippen molar-refractivity contribution in [1.29, 1.82) is 10.5 Å². The molecule has 6 nitrogen and oxygen atoms in total. The lowest BCUT2D eigenvalue weighted by molar-refractivity contribution is -0.124. The van der Waals surface area contributed by atoms with Gasteiger partial charge in [-0.1, -0.05) is 25.1 Å². The summed E-state index contributed by atoms with van der Waals surface area (Å²) in [7, 11) is 0. The summed E-state index contributed by atoms with van der Waals surface area (Å²) in [6.45, 7) is 4.61. The first-order valence-corrected chi connectivity index (χ1v) is 8.77.